The van der Waals surface area contributed by atoms with Gasteiger partial charge in [-0.15, -0.1) is 0 Å². The average molecular weight is 478 g/mol. The Morgan fingerprint density at radius 2 is 1.72 bits per heavy atom. The van der Waals surface area contributed by atoms with E-state index in [1.165, 1.54) is 19.3 Å². The van der Waals surface area contributed by atoms with Gasteiger partial charge in [-0.1, -0.05) is 56.3 Å². The van der Waals surface area contributed by atoms with Crippen LogP contribution in [0.3, 0.4) is 0 Å². The van der Waals surface area contributed by atoms with Gasteiger partial charge in [-0.25, -0.2) is 8.42 Å². The Morgan fingerprint density at radius 3 is 2.34 bits per heavy atom. The van der Waals surface area contributed by atoms with E-state index in [1.54, 1.807) is 29.2 Å². The fourth-order valence-electron chi connectivity index (χ4n) is 3.93. The van der Waals surface area contributed by atoms with Crippen LogP contribution >= 0.6 is 11.6 Å². The van der Waals surface area contributed by atoms with Crippen LogP contribution in [-0.4, -0.2) is 43.4 Å². The minimum Gasteiger partial charge on any atom is -0.494 e. The van der Waals surface area contributed by atoms with Crippen molar-refractivity contribution in [3.05, 3.63) is 64.7 Å². The van der Waals surface area contributed by atoms with Crippen molar-refractivity contribution in [2.45, 2.75) is 58.0 Å². The van der Waals surface area contributed by atoms with Crippen LogP contribution in [0.5, 0.6) is 5.75 Å². The molecule has 2 aromatic rings. The van der Waals surface area contributed by atoms with Crippen LogP contribution in [0.1, 0.15) is 61.4 Å². The lowest BCUT2D eigenvalue weighted by Crippen LogP contribution is -2.40. The molecule has 1 aliphatic heterocycles. The molecule has 1 atom stereocenters. The fourth-order valence-corrected chi connectivity index (χ4v) is 5.79. The summed E-state index contributed by atoms with van der Waals surface area (Å²) >= 11 is 5.98. The van der Waals surface area contributed by atoms with Crippen LogP contribution in [0.4, 0.5) is 0 Å². The summed E-state index contributed by atoms with van der Waals surface area (Å²) in [6.07, 6.45) is 6.35. The number of benzene rings is 2. The summed E-state index contributed by atoms with van der Waals surface area (Å²) in [6, 6.07) is 14.1. The number of hydrogen-bond acceptors (Lipinski definition) is 4. The first-order chi connectivity index (χ1) is 15.4. The normalized spacial score (nSPS) is 17.2. The molecule has 0 spiro atoms. The van der Waals surface area contributed by atoms with E-state index in [0.29, 0.717) is 30.2 Å². The molecule has 174 valence electrons. The van der Waals surface area contributed by atoms with Gasteiger partial charge in [-0.2, -0.15) is 0 Å². The number of ether oxygens (including phenoxy) is 1. The molecule has 7 heteroatoms. The van der Waals surface area contributed by atoms with Crippen molar-refractivity contribution in [3.8, 4) is 5.75 Å². The van der Waals surface area contributed by atoms with E-state index in [-0.39, 0.29) is 23.5 Å². The van der Waals surface area contributed by atoms with Gasteiger partial charge in [0.25, 0.3) is 5.91 Å². The van der Waals surface area contributed by atoms with E-state index in [2.05, 4.69) is 6.92 Å². The molecule has 1 fully saturated rings. The Morgan fingerprint density at radius 1 is 1.03 bits per heavy atom. The highest BCUT2D eigenvalue weighted by Gasteiger charge is 2.35. The SMILES string of the molecule is CCCCCCCOc1ccc(C(=O)N(Cc2ccc(Cl)cc2)[C@@H]2CCS(=O)(=O)C2)cc1. The standard InChI is InChI=1S/C25H32ClNO4S/c1-2-3-4-5-6-16-31-24-13-9-21(10-14-24)25(28)27(23-15-17-32(29,30)19-23)18-20-7-11-22(26)12-8-20/h7-14,23H,2-6,15-19H2,1H3/t23-/m1/s1. The third-order valence-corrected chi connectivity index (χ3v) is 7.80. The number of carbonyl (C=O) groups is 1. The zero-order valence-electron chi connectivity index (χ0n) is 18.6. The lowest BCUT2D eigenvalue weighted by atomic mass is 10.1. The van der Waals surface area contributed by atoms with E-state index in [9.17, 15) is 13.2 Å². The van der Waals surface area contributed by atoms with E-state index >= 15 is 0 Å². The monoisotopic (exact) mass is 477 g/mol. The molecule has 3 rings (SSSR count). The largest absolute Gasteiger partial charge is 0.494 e. The first-order valence-electron chi connectivity index (χ1n) is 11.4. The van der Waals surface area contributed by atoms with Crippen LogP contribution in [0, 0.1) is 0 Å². The van der Waals surface area contributed by atoms with Gasteiger partial charge in [0.15, 0.2) is 9.84 Å². The molecule has 1 amide bonds. The van der Waals surface area contributed by atoms with Gasteiger partial charge >= 0.3 is 0 Å². The van der Waals surface area contributed by atoms with E-state index < -0.39 is 9.84 Å². The molecule has 5 nitrogen and oxygen atoms in total. The fraction of sp³-hybridized carbons (Fsp3) is 0.480. The number of hydrogen-bond donors (Lipinski definition) is 0. The molecule has 0 radical (unpaired) electrons. The van der Waals surface area contributed by atoms with Crippen LogP contribution in [-0.2, 0) is 16.4 Å². The second kappa shape index (κ2) is 11.7. The molecule has 0 aliphatic carbocycles. The van der Waals surface area contributed by atoms with Crippen molar-refractivity contribution in [2.75, 3.05) is 18.1 Å². The quantitative estimate of drug-likeness (QED) is 0.400. The van der Waals surface area contributed by atoms with Gasteiger partial charge in [0.1, 0.15) is 5.75 Å². The maximum Gasteiger partial charge on any atom is 0.254 e. The van der Waals surface area contributed by atoms with Crippen LogP contribution in [0.2, 0.25) is 5.02 Å². The first-order valence-corrected chi connectivity index (χ1v) is 13.6. The zero-order valence-corrected chi connectivity index (χ0v) is 20.2. The molecule has 2 aromatic carbocycles. The summed E-state index contributed by atoms with van der Waals surface area (Å²) in [6.45, 7) is 3.20. The molecular formula is C25H32ClNO4S. The van der Waals surface area contributed by atoms with E-state index in [0.717, 1.165) is 24.2 Å². The predicted molar refractivity (Wildman–Crippen MR) is 129 cm³/mol. The molecule has 32 heavy (non-hydrogen) atoms. The Kier molecular flexibility index (Phi) is 9.00. The lowest BCUT2D eigenvalue weighted by molar-refractivity contribution is 0.0681. The number of amides is 1. The van der Waals surface area contributed by atoms with Crippen LogP contribution < -0.4 is 4.74 Å². The van der Waals surface area contributed by atoms with Crippen molar-refractivity contribution in [3.63, 3.8) is 0 Å². The van der Waals surface area contributed by atoms with Gasteiger partial charge in [-0.05, 0) is 54.8 Å². The van der Waals surface area contributed by atoms with Gasteiger partial charge < -0.3 is 9.64 Å². The summed E-state index contributed by atoms with van der Waals surface area (Å²) in [7, 11) is -3.12. The third kappa shape index (κ3) is 7.24. The van der Waals surface area contributed by atoms with Gasteiger partial charge in [0.05, 0.1) is 18.1 Å². The number of unbranched alkanes of at least 4 members (excludes halogenated alkanes) is 4. The minimum absolute atomic E-state index is 0.00551. The second-order valence-electron chi connectivity index (χ2n) is 8.40. The Bertz CT molecular complexity index is 974. The summed E-state index contributed by atoms with van der Waals surface area (Å²) in [5.74, 6) is 0.691. The van der Waals surface area contributed by atoms with Gasteiger partial charge in [-0.3, -0.25) is 4.79 Å². The van der Waals surface area contributed by atoms with Crippen LogP contribution in [0.15, 0.2) is 48.5 Å². The molecule has 1 heterocycles. The second-order valence-corrected chi connectivity index (χ2v) is 11.1. The van der Waals surface area contributed by atoms with Crippen molar-refractivity contribution in [1.29, 1.82) is 0 Å². The minimum atomic E-state index is -3.12. The molecule has 0 aromatic heterocycles. The van der Waals surface area contributed by atoms with Gasteiger partial charge in [0, 0.05) is 23.2 Å². The number of carbonyl (C=O) groups excluding carboxylic acids is 1. The number of rotatable bonds is 11. The Balaban J connectivity index is 1.66. The highest BCUT2D eigenvalue weighted by molar-refractivity contribution is 7.91. The lowest BCUT2D eigenvalue weighted by Gasteiger charge is -2.28. The number of halogens is 1. The zero-order chi connectivity index (χ0) is 23.0. The Labute approximate surface area is 196 Å². The van der Waals surface area contributed by atoms with Crippen molar-refractivity contribution in [2.24, 2.45) is 0 Å². The smallest absolute Gasteiger partial charge is 0.254 e. The Hall–Kier alpha value is -2.05. The summed E-state index contributed by atoms with van der Waals surface area (Å²) in [5, 5.41) is 0.621. The molecule has 1 aliphatic rings. The average Bonchev–Trinajstić information content (AvgIpc) is 3.15. The van der Waals surface area contributed by atoms with E-state index in [4.69, 9.17) is 16.3 Å². The third-order valence-electron chi connectivity index (χ3n) is 5.79. The number of nitrogens with zero attached hydrogens (tertiary/aromatic N) is 1. The van der Waals surface area contributed by atoms with Gasteiger partial charge in [0.2, 0.25) is 0 Å². The number of sulfone groups is 1. The van der Waals surface area contributed by atoms with E-state index in [1.807, 2.05) is 24.3 Å². The molecule has 1 saturated heterocycles. The topological polar surface area (TPSA) is 63.7 Å². The predicted octanol–water partition coefficient (Wildman–Crippen LogP) is 5.52. The summed E-state index contributed by atoms with van der Waals surface area (Å²) in [4.78, 5) is 15.0. The molecule has 0 bridgehead atoms. The first kappa shape index (κ1) is 24.6. The maximum atomic E-state index is 13.4. The highest BCUT2D eigenvalue weighted by atomic mass is 35.5. The molecule has 0 unspecified atom stereocenters. The maximum absolute atomic E-state index is 13.4. The van der Waals surface area contributed by atoms with Crippen molar-refractivity contribution in [1.82, 2.24) is 4.90 Å². The molecule has 0 saturated carbocycles. The van der Waals surface area contributed by atoms with Crippen LogP contribution in [0.25, 0.3) is 0 Å². The highest BCUT2D eigenvalue weighted by Crippen LogP contribution is 2.24. The summed E-state index contributed by atoms with van der Waals surface area (Å²) in [5.41, 5.74) is 1.44. The molecular weight excluding hydrogens is 446 g/mol. The van der Waals surface area contributed by atoms with Crippen molar-refractivity contribution < 1.29 is 17.9 Å². The molecule has 0 N–H and O–H groups in total. The van der Waals surface area contributed by atoms with Crippen molar-refractivity contribution >= 4 is 27.3 Å². The summed E-state index contributed by atoms with van der Waals surface area (Å²) < 4.78 is 29.9.